The smallest absolute Gasteiger partial charge is 0.205 e. The highest BCUT2D eigenvalue weighted by Crippen LogP contribution is 2.28. The Labute approximate surface area is 92.5 Å². The molecule has 3 rings (SSSR count). The van der Waals surface area contributed by atoms with Crippen molar-refractivity contribution in [3.8, 4) is 0 Å². The molecule has 0 aromatic heterocycles. The average Bonchev–Trinajstić information content (AvgIpc) is 2.60. The summed E-state index contributed by atoms with van der Waals surface area (Å²) in [5.74, 6) is -0.124. The van der Waals surface area contributed by atoms with Crippen molar-refractivity contribution in [1.82, 2.24) is 4.90 Å². The molecule has 1 N–H and O–H groups in total. The van der Waals surface area contributed by atoms with Gasteiger partial charge in [0.2, 0.25) is 5.78 Å². The van der Waals surface area contributed by atoms with Gasteiger partial charge in [-0.15, -0.1) is 0 Å². The van der Waals surface area contributed by atoms with Gasteiger partial charge in [-0.25, -0.2) is 0 Å². The number of fused-ring (bicyclic) bond motifs is 2. The fourth-order valence-corrected chi connectivity index (χ4v) is 2.21. The molecule has 2 heterocycles. The Hall–Kier alpha value is -2.10. The van der Waals surface area contributed by atoms with Gasteiger partial charge in [-0.2, -0.15) is 0 Å². The number of allylic oxidation sites excluding steroid dienone is 1. The van der Waals surface area contributed by atoms with Crippen LogP contribution in [0.25, 0.3) is 6.08 Å². The zero-order valence-corrected chi connectivity index (χ0v) is 8.55. The van der Waals surface area contributed by atoms with Gasteiger partial charge in [0.1, 0.15) is 0 Å². The molecule has 1 saturated heterocycles. The molecule has 16 heavy (non-hydrogen) atoms. The zero-order chi connectivity index (χ0) is 11.1. The normalized spacial score (nSPS) is 20.8. The Morgan fingerprint density at radius 3 is 2.88 bits per heavy atom. The van der Waals surface area contributed by atoms with E-state index < -0.39 is 0 Å². The maximum Gasteiger partial charge on any atom is 0.205 e. The molecule has 0 unspecified atom stereocenters. The number of nitrogens with zero attached hydrogens (tertiary/aromatic N) is 2. The van der Waals surface area contributed by atoms with Crippen LogP contribution in [-0.2, 0) is 11.3 Å². The van der Waals surface area contributed by atoms with Crippen LogP contribution in [0.5, 0.6) is 0 Å². The predicted molar refractivity (Wildman–Crippen MR) is 59.1 cm³/mol. The van der Waals surface area contributed by atoms with Crippen molar-refractivity contribution in [3.05, 3.63) is 41.1 Å². The topological polar surface area (TPSA) is 52.9 Å². The molecule has 0 spiro atoms. The van der Waals surface area contributed by atoms with Crippen molar-refractivity contribution in [1.29, 1.82) is 0 Å². The highest BCUT2D eigenvalue weighted by Gasteiger charge is 2.34. The Morgan fingerprint density at radius 2 is 2.06 bits per heavy atom. The fraction of sp³-hybridized carbons (Fsp3) is 0.167. The quantitative estimate of drug-likeness (QED) is 0.522. The Balaban J connectivity index is 2.14. The van der Waals surface area contributed by atoms with Gasteiger partial charge in [-0.3, -0.25) is 4.79 Å². The number of carbonyl (C=O) groups is 1. The third-order valence-electron chi connectivity index (χ3n) is 2.99. The molecule has 4 heteroatoms. The maximum atomic E-state index is 11.5. The lowest BCUT2D eigenvalue weighted by Crippen LogP contribution is -2.22. The SMILES string of the molecule is O=C1CN2Cc3ccccc3C=C2C1=NO. The molecule has 0 saturated carbocycles. The van der Waals surface area contributed by atoms with E-state index in [9.17, 15) is 4.79 Å². The van der Waals surface area contributed by atoms with Crippen LogP contribution in [0, 0.1) is 0 Å². The lowest BCUT2D eigenvalue weighted by molar-refractivity contribution is -0.112. The van der Waals surface area contributed by atoms with Crippen molar-refractivity contribution in [2.24, 2.45) is 5.16 Å². The molecule has 0 amide bonds. The first-order chi connectivity index (χ1) is 7.79. The summed E-state index contributed by atoms with van der Waals surface area (Å²) in [6, 6.07) is 7.98. The summed E-state index contributed by atoms with van der Waals surface area (Å²) in [7, 11) is 0. The Morgan fingerprint density at radius 1 is 1.25 bits per heavy atom. The molecule has 1 fully saturated rings. The van der Waals surface area contributed by atoms with Crippen LogP contribution < -0.4 is 0 Å². The predicted octanol–water partition coefficient (Wildman–Crippen LogP) is 1.26. The van der Waals surface area contributed by atoms with Crippen molar-refractivity contribution >= 4 is 17.6 Å². The lowest BCUT2D eigenvalue weighted by atomic mass is 10.0. The van der Waals surface area contributed by atoms with E-state index in [1.807, 2.05) is 35.2 Å². The second-order valence-electron chi connectivity index (χ2n) is 3.96. The van der Waals surface area contributed by atoms with E-state index in [-0.39, 0.29) is 11.5 Å². The van der Waals surface area contributed by atoms with Crippen LogP contribution in [0.3, 0.4) is 0 Å². The van der Waals surface area contributed by atoms with Crippen molar-refractivity contribution in [2.45, 2.75) is 6.54 Å². The molecular formula is C12H10N2O2. The van der Waals surface area contributed by atoms with Crippen molar-refractivity contribution < 1.29 is 10.0 Å². The molecule has 0 radical (unpaired) electrons. The molecule has 1 aromatic rings. The second kappa shape index (κ2) is 3.20. The van der Waals surface area contributed by atoms with Gasteiger partial charge in [0.05, 0.1) is 12.2 Å². The largest absolute Gasteiger partial charge is 0.410 e. The van der Waals surface area contributed by atoms with Crippen LogP contribution in [0.4, 0.5) is 0 Å². The summed E-state index contributed by atoms with van der Waals surface area (Å²) < 4.78 is 0. The van der Waals surface area contributed by atoms with Crippen molar-refractivity contribution in [2.75, 3.05) is 6.54 Å². The zero-order valence-electron chi connectivity index (χ0n) is 8.55. The maximum absolute atomic E-state index is 11.5. The standard InChI is InChI=1S/C12H10N2O2/c15-11-7-14-6-9-4-2-1-3-8(9)5-10(14)12(11)13-16/h1-5,16H,6-7H2. The van der Waals surface area contributed by atoms with E-state index in [4.69, 9.17) is 5.21 Å². The highest BCUT2D eigenvalue weighted by atomic mass is 16.4. The monoisotopic (exact) mass is 214 g/mol. The number of ketones is 1. The summed E-state index contributed by atoms with van der Waals surface area (Å²) in [4.78, 5) is 13.5. The van der Waals surface area contributed by atoms with Crippen LogP contribution in [0.2, 0.25) is 0 Å². The molecule has 0 bridgehead atoms. The third kappa shape index (κ3) is 1.16. The second-order valence-corrected chi connectivity index (χ2v) is 3.96. The number of rotatable bonds is 0. The molecule has 2 aliphatic rings. The average molecular weight is 214 g/mol. The fourth-order valence-electron chi connectivity index (χ4n) is 2.21. The first kappa shape index (κ1) is 9.15. The number of hydrogen-bond donors (Lipinski definition) is 1. The summed E-state index contributed by atoms with van der Waals surface area (Å²) in [5, 5.41) is 11.9. The lowest BCUT2D eigenvalue weighted by Gasteiger charge is -2.24. The van der Waals surface area contributed by atoms with Crippen LogP contribution in [0.1, 0.15) is 11.1 Å². The van der Waals surface area contributed by atoms with Gasteiger partial charge in [0.15, 0.2) is 5.71 Å². The number of benzene rings is 1. The number of carbonyl (C=O) groups excluding carboxylic acids is 1. The number of hydrogen-bond acceptors (Lipinski definition) is 4. The van der Waals surface area contributed by atoms with Crippen LogP contribution in [0.15, 0.2) is 35.1 Å². The van der Waals surface area contributed by atoms with Crippen LogP contribution in [-0.4, -0.2) is 28.1 Å². The van der Waals surface area contributed by atoms with E-state index in [1.165, 1.54) is 5.56 Å². The molecule has 0 atom stereocenters. The third-order valence-corrected chi connectivity index (χ3v) is 2.99. The molecule has 4 nitrogen and oxygen atoms in total. The summed E-state index contributed by atoms with van der Waals surface area (Å²) in [5.41, 5.74) is 3.18. The molecule has 80 valence electrons. The summed E-state index contributed by atoms with van der Waals surface area (Å²) >= 11 is 0. The van der Waals surface area contributed by atoms with Gasteiger partial charge >= 0.3 is 0 Å². The highest BCUT2D eigenvalue weighted by molar-refractivity contribution is 6.49. The van der Waals surface area contributed by atoms with Gasteiger partial charge in [0.25, 0.3) is 0 Å². The Kier molecular flexibility index (Phi) is 1.83. The van der Waals surface area contributed by atoms with Crippen molar-refractivity contribution in [3.63, 3.8) is 0 Å². The van der Waals surface area contributed by atoms with E-state index in [0.29, 0.717) is 13.1 Å². The minimum Gasteiger partial charge on any atom is -0.410 e. The van der Waals surface area contributed by atoms with E-state index >= 15 is 0 Å². The summed E-state index contributed by atoms with van der Waals surface area (Å²) in [6.45, 7) is 1.01. The number of Topliss-reactive ketones (excluding diaryl/α,β-unsaturated/α-hetero) is 1. The minimum absolute atomic E-state index is 0.124. The van der Waals surface area contributed by atoms with Crippen LogP contribution >= 0.6 is 0 Å². The van der Waals surface area contributed by atoms with Gasteiger partial charge in [-0.1, -0.05) is 29.4 Å². The van der Waals surface area contributed by atoms with Gasteiger partial charge in [-0.05, 0) is 17.2 Å². The van der Waals surface area contributed by atoms with E-state index in [0.717, 1.165) is 11.3 Å². The summed E-state index contributed by atoms with van der Waals surface area (Å²) in [6.07, 6.45) is 1.90. The van der Waals surface area contributed by atoms with Gasteiger partial charge < -0.3 is 10.1 Å². The molecule has 1 aromatic carbocycles. The van der Waals surface area contributed by atoms with E-state index in [1.54, 1.807) is 0 Å². The molecule has 2 aliphatic heterocycles. The first-order valence-electron chi connectivity index (χ1n) is 5.10. The molecule has 0 aliphatic carbocycles. The Bertz CT molecular complexity index is 532. The van der Waals surface area contributed by atoms with Gasteiger partial charge in [0, 0.05) is 6.54 Å². The molecular weight excluding hydrogens is 204 g/mol. The first-order valence-corrected chi connectivity index (χ1v) is 5.10. The minimum atomic E-state index is -0.124. The van der Waals surface area contributed by atoms with E-state index in [2.05, 4.69) is 5.16 Å². The number of oxime groups is 1.